The first-order valence-corrected chi connectivity index (χ1v) is 10.4. The third kappa shape index (κ3) is 5.11. The third-order valence-corrected chi connectivity index (χ3v) is 5.91. The van der Waals surface area contributed by atoms with Gasteiger partial charge in [-0.3, -0.25) is 9.59 Å². The molecule has 0 spiro atoms. The molecular weight excluding hydrogens is 358 g/mol. The van der Waals surface area contributed by atoms with Crippen LogP contribution in [-0.2, 0) is 14.3 Å². The van der Waals surface area contributed by atoms with Crippen LogP contribution in [0.3, 0.4) is 0 Å². The van der Waals surface area contributed by atoms with Gasteiger partial charge in [-0.15, -0.1) is 5.10 Å². The van der Waals surface area contributed by atoms with E-state index in [1.807, 2.05) is 4.68 Å². The molecule has 1 aromatic heterocycles. The summed E-state index contributed by atoms with van der Waals surface area (Å²) in [6.45, 7) is 6.85. The first kappa shape index (κ1) is 20.8. The summed E-state index contributed by atoms with van der Waals surface area (Å²) in [6.07, 6.45) is 6.24. The highest BCUT2D eigenvalue weighted by Crippen LogP contribution is 2.51. The average molecular weight is 392 g/mol. The topological polar surface area (TPSA) is 94.3 Å². The van der Waals surface area contributed by atoms with Crippen LogP contribution in [0.25, 0.3) is 0 Å². The number of rotatable bonds is 9. The number of carboxylic acid groups (broad SMARTS) is 1. The van der Waals surface area contributed by atoms with Gasteiger partial charge in [-0.05, 0) is 49.9 Å². The van der Waals surface area contributed by atoms with Gasteiger partial charge in [0.25, 0.3) is 0 Å². The molecule has 2 fully saturated rings. The molecular formula is C21H33N3O4. The Bertz CT molecular complexity index is 712. The van der Waals surface area contributed by atoms with Crippen molar-refractivity contribution in [3.8, 4) is 0 Å². The van der Waals surface area contributed by atoms with Crippen molar-refractivity contribution >= 4 is 11.9 Å². The van der Waals surface area contributed by atoms with Crippen molar-refractivity contribution in [2.45, 2.75) is 90.0 Å². The molecule has 0 unspecified atom stereocenters. The Morgan fingerprint density at radius 3 is 2.46 bits per heavy atom. The van der Waals surface area contributed by atoms with Crippen LogP contribution in [-0.4, -0.2) is 39.1 Å². The second-order valence-electron chi connectivity index (χ2n) is 9.74. The SMILES string of the molecule is COC(=O)CC[C@@H](CC(=O)O)n1nnc([C@H]2C[C@@H](CC(C)(C)C)C2)c1C1CC1. The normalized spacial score (nSPS) is 23.1. The summed E-state index contributed by atoms with van der Waals surface area (Å²) in [4.78, 5) is 23.0. The lowest BCUT2D eigenvalue weighted by molar-refractivity contribution is -0.142. The molecule has 2 aliphatic carbocycles. The lowest BCUT2D eigenvalue weighted by Gasteiger charge is -2.38. The Morgan fingerprint density at radius 1 is 1.25 bits per heavy atom. The highest BCUT2D eigenvalue weighted by molar-refractivity contribution is 5.70. The molecule has 2 saturated carbocycles. The molecule has 0 radical (unpaired) electrons. The quantitative estimate of drug-likeness (QED) is 0.638. The zero-order chi connectivity index (χ0) is 20.5. The molecule has 3 rings (SSSR count). The van der Waals surface area contributed by atoms with Gasteiger partial charge in [0.2, 0.25) is 0 Å². The van der Waals surface area contributed by atoms with E-state index >= 15 is 0 Å². The van der Waals surface area contributed by atoms with Crippen molar-refractivity contribution in [1.82, 2.24) is 15.0 Å². The van der Waals surface area contributed by atoms with Crippen molar-refractivity contribution in [3.05, 3.63) is 11.4 Å². The number of hydrogen-bond donors (Lipinski definition) is 1. The molecule has 1 N–H and O–H groups in total. The summed E-state index contributed by atoms with van der Waals surface area (Å²) < 4.78 is 6.54. The van der Waals surface area contributed by atoms with E-state index in [4.69, 9.17) is 4.74 Å². The summed E-state index contributed by atoms with van der Waals surface area (Å²) in [7, 11) is 1.35. The molecule has 28 heavy (non-hydrogen) atoms. The highest BCUT2D eigenvalue weighted by Gasteiger charge is 2.41. The number of esters is 1. The zero-order valence-corrected chi connectivity index (χ0v) is 17.5. The van der Waals surface area contributed by atoms with Gasteiger partial charge in [0.05, 0.1) is 31.0 Å². The standard InChI is InChI=1S/C21H33N3O4/c1-21(2,3)12-13-9-15(10-13)19-20(14-5-6-14)24(23-22-19)16(11-17(25)26)7-8-18(27)28-4/h13-16H,5-12H2,1-4H3,(H,25,26)/t13-,15+,16-/m0/s1. The minimum atomic E-state index is -0.887. The number of hydrogen-bond acceptors (Lipinski definition) is 5. The molecule has 7 heteroatoms. The summed E-state index contributed by atoms with van der Waals surface area (Å²) in [6, 6.07) is -0.362. The number of methoxy groups -OCH3 is 1. The van der Waals surface area contributed by atoms with Gasteiger partial charge < -0.3 is 9.84 Å². The van der Waals surface area contributed by atoms with Gasteiger partial charge in [-0.2, -0.15) is 0 Å². The number of nitrogens with zero attached hydrogens (tertiary/aromatic N) is 3. The van der Waals surface area contributed by atoms with E-state index in [0.29, 0.717) is 23.7 Å². The van der Waals surface area contributed by atoms with E-state index in [0.717, 1.165) is 43.0 Å². The van der Waals surface area contributed by atoms with E-state index < -0.39 is 5.97 Å². The molecule has 0 aliphatic heterocycles. The minimum Gasteiger partial charge on any atom is -0.481 e. The highest BCUT2D eigenvalue weighted by atomic mass is 16.5. The monoisotopic (exact) mass is 391 g/mol. The summed E-state index contributed by atoms with van der Waals surface area (Å²) in [5.74, 6) is 0.385. The molecule has 0 bridgehead atoms. The number of aliphatic carboxylic acids is 1. The molecule has 7 nitrogen and oxygen atoms in total. The van der Waals surface area contributed by atoms with E-state index in [-0.39, 0.29) is 24.9 Å². The molecule has 1 aromatic rings. The van der Waals surface area contributed by atoms with Crippen molar-refractivity contribution < 1.29 is 19.4 Å². The minimum absolute atomic E-state index is 0.0587. The molecule has 0 aromatic carbocycles. The number of carboxylic acids is 1. The van der Waals surface area contributed by atoms with Crippen LogP contribution in [0.15, 0.2) is 0 Å². The van der Waals surface area contributed by atoms with E-state index in [1.54, 1.807) is 0 Å². The largest absolute Gasteiger partial charge is 0.481 e. The van der Waals surface area contributed by atoms with Gasteiger partial charge in [-0.1, -0.05) is 26.0 Å². The number of carbonyl (C=O) groups excluding carboxylic acids is 1. The van der Waals surface area contributed by atoms with Gasteiger partial charge in [0.1, 0.15) is 0 Å². The van der Waals surface area contributed by atoms with Crippen LogP contribution in [0.2, 0.25) is 0 Å². The third-order valence-electron chi connectivity index (χ3n) is 5.91. The fourth-order valence-corrected chi connectivity index (χ4v) is 4.52. The van der Waals surface area contributed by atoms with Crippen LogP contribution in [0, 0.1) is 11.3 Å². The maximum atomic E-state index is 11.6. The van der Waals surface area contributed by atoms with Crippen molar-refractivity contribution in [2.24, 2.45) is 11.3 Å². The summed E-state index contributed by atoms with van der Waals surface area (Å²) >= 11 is 0. The molecule has 2 aliphatic rings. The predicted octanol–water partition coefficient (Wildman–Crippen LogP) is 4.05. The second-order valence-corrected chi connectivity index (χ2v) is 9.74. The summed E-state index contributed by atoms with van der Waals surface area (Å²) in [5.41, 5.74) is 2.53. The van der Waals surface area contributed by atoms with Gasteiger partial charge >= 0.3 is 11.9 Å². The average Bonchev–Trinajstić information content (AvgIpc) is 3.32. The van der Waals surface area contributed by atoms with Crippen LogP contribution in [0.5, 0.6) is 0 Å². The van der Waals surface area contributed by atoms with Crippen molar-refractivity contribution in [3.63, 3.8) is 0 Å². The van der Waals surface area contributed by atoms with E-state index in [2.05, 4.69) is 31.1 Å². The number of aromatic nitrogens is 3. The summed E-state index contributed by atoms with van der Waals surface area (Å²) in [5, 5.41) is 18.2. The Balaban J connectivity index is 1.76. The molecule has 156 valence electrons. The Hall–Kier alpha value is -1.92. The smallest absolute Gasteiger partial charge is 0.305 e. The van der Waals surface area contributed by atoms with Crippen LogP contribution >= 0.6 is 0 Å². The van der Waals surface area contributed by atoms with E-state index in [1.165, 1.54) is 13.5 Å². The molecule has 0 saturated heterocycles. The maximum Gasteiger partial charge on any atom is 0.305 e. The first-order chi connectivity index (χ1) is 13.2. The molecule has 1 atom stereocenters. The Kier molecular flexibility index (Phi) is 6.10. The first-order valence-electron chi connectivity index (χ1n) is 10.4. The van der Waals surface area contributed by atoms with Crippen LogP contribution in [0.4, 0.5) is 0 Å². The van der Waals surface area contributed by atoms with Gasteiger partial charge in [-0.25, -0.2) is 4.68 Å². The van der Waals surface area contributed by atoms with Crippen LogP contribution < -0.4 is 0 Å². The molecule has 0 amide bonds. The fraction of sp³-hybridized carbons (Fsp3) is 0.810. The molecule has 1 heterocycles. The fourth-order valence-electron chi connectivity index (χ4n) is 4.52. The Labute approximate surface area is 166 Å². The predicted molar refractivity (Wildman–Crippen MR) is 104 cm³/mol. The maximum absolute atomic E-state index is 11.6. The van der Waals surface area contributed by atoms with Crippen molar-refractivity contribution in [2.75, 3.05) is 7.11 Å². The number of ether oxygens (including phenoxy) is 1. The van der Waals surface area contributed by atoms with Gasteiger partial charge in [0.15, 0.2) is 0 Å². The lowest BCUT2D eigenvalue weighted by Crippen LogP contribution is -2.27. The number of carbonyl (C=O) groups is 2. The zero-order valence-electron chi connectivity index (χ0n) is 17.5. The second kappa shape index (κ2) is 8.21. The van der Waals surface area contributed by atoms with Crippen LogP contribution in [0.1, 0.15) is 101 Å². The lowest BCUT2D eigenvalue weighted by atomic mass is 9.67. The van der Waals surface area contributed by atoms with E-state index in [9.17, 15) is 14.7 Å². The van der Waals surface area contributed by atoms with Gasteiger partial charge in [0, 0.05) is 18.3 Å². The Morgan fingerprint density at radius 2 is 1.93 bits per heavy atom. The van der Waals surface area contributed by atoms with Crippen molar-refractivity contribution in [1.29, 1.82) is 0 Å².